The van der Waals surface area contributed by atoms with Crippen molar-refractivity contribution < 1.29 is 9.13 Å². The number of hydrogen-bond donors (Lipinski definition) is 0. The molecule has 2 aromatic rings. The Balaban J connectivity index is 2.27. The Hall–Kier alpha value is -1.49. The Labute approximate surface area is 107 Å². The minimum absolute atomic E-state index is 0.132. The van der Waals surface area contributed by atoms with E-state index >= 15 is 0 Å². The van der Waals surface area contributed by atoms with Crippen LogP contribution < -0.4 is 4.74 Å². The maximum atomic E-state index is 12.6. The lowest BCUT2D eigenvalue weighted by molar-refractivity contribution is 0.435. The van der Waals surface area contributed by atoms with Gasteiger partial charge in [0.25, 0.3) is 0 Å². The number of benzene rings is 1. The molecule has 0 bridgehead atoms. The second kappa shape index (κ2) is 4.79. The van der Waals surface area contributed by atoms with Crippen LogP contribution in [0.25, 0.3) is 0 Å². The average Bonchev–Trinajstić information content (AvgIpc) is 2.29. The summed E-state index contributed by atoms with van der Waals surface area (Å²) in [5.41, 5.74) is 2.12. The Kier molecular flexibility index (Phi) is 3.38. The smallest absolute Gasteiger partial charge is 0.322 e. The van der Waals surface area contributed by atoms with Crippen LogP contribution in [0.4, 0.5) is 4.39 Å². The number of nitrogens with zero attached hydrogens (tertiary/aromatic N) is 2. The summed E-state index contributed by atoms with van der Waals surface area (Å²) in [6.45, 7) is 3.94. The first-order valence-electron chi connectivity index (χ1n) is 4.98. The monoisotopic (exact) mass is 296 g/mol. The van der Waals surface area contributed by atoms with Crippen molar-refractivity contribution in [2.24, 2.45) is 0 Å². The van der Waals surface area contributed by atoms with E-state index in [9.17, 15) is 4.39 Å². The van der Waals surface area contributed by atoms with Crippen molar-refractivity contribution >= 4 is 15.9 Å². The predicted molar refractivity (Wildman–Crippen MR) is 65.7 cm³/mol. The highest BCUT2D eigenvalue weighted by Crippen LogP contribution is 2.28. The van der Waals surface area contributed by atoms with E-state index in [-0.39, 0.29) is 6.01 Å². The molecule has 0 atom stereocenters. The third-order valence-electron chi connectivity index (χ3n) is 2.22. The molecule has 1 heterocycles. The quantitative estimate of drug-likeness (QED) is 0.846. The maximum Gasteiger partial charge on any atom is 0.322 e. The third kappa shape index (κ3) is 2.79. The van der Waals surface area contributed by atoms with Gasteiger partial charge in [-0.15, -0.1) is 0 Å². The van der Waals surface area contributed by atoms with Crippen molar-refractivity contribution in [1.29, 1.82) is 0 Å². The van der Waals surface area contributed by atoms with Gasteiger partial charge < -0.3 is 4.74 Å². The Morgan fingerprint density at radius 3 is 2.18 bits per heavy atom. The second-order valence-corrected chi connectivity index (χ2v) is 4.45. The fourth-order valence-electron chi connectivity index (χ4n) is 1.42. The molecule has 0 fully saturated rings. The predicted octanol–water partition coefficient (Wildman–Crippen LogP) is 3.79. The van der Waals surface area contributed by atoms with Crippen molar-refractivity contribution in [3.8, 4) is 11.8 Å². The number of aromatic nitrogens is 2. The van der Waals surface area contributed by atoms with E-state index in [4.69, 9.17) is 4.74 Å². The fourth-order valence-corrected chi connectivity index (χ4v) is 1.65. The van der Waals surface area contributed by atoms with Crippen LogP contribution in [-0.2, 0) is 0 Å². The van der Waals surface area contributed by atoms with Gasteiger partial charge in [-0.05, 0) is 37.1 Å². The summed E-state index contributed by atoms with van der Waals surface area (Å²) in [5.74, 6) is 0.148. The molecule has 0 unspecified atom stereocenters. The number of rotatable bonds is 2. The van der Waals surface area contributed by atoms with Crippen LogP contribution in [0.1, 0.15) is 11.1 Å². The van der Waals surface area contributed by atoms with Crippen LogP contribution in [0.2, 0.25) is 0 Å². The zero-order valence-electron chi connectivity index (χ0n) is 9.37. The Morgan fingerprint density at radius 1 is 1.12 bits per heavy atom. The standard InChI is InChI=1S/C12H10BrFN2O/c1-7-3-10(4-8(2)11(7)13)17-12-15-5-9(14)6-16-12/h3-6H,1-2H3. The van der Waals surface area contributed by atoms with Gasteiger partial charge in [-0.1, -0.05) is 15.9 Å². The second-order valence-electron chi connectivity index (χ2n) is 3.66. The van der Waals surface area contributed by atoms with Crippen molar-refractivity contribution in [3.05, 3.63) is 45.9 Å². The van der Waals surface area contributed by atoms with E-state index < -0.39 is 5.82 Å². The SMILES string of the molecule is Cc1cc(Oc2ncc(F)cn2)cc(C)c1Br. The van der Waals surface area contributed by atoms with Gasteiger partial charge in [0, 0.05) is 4.47 Å². The Morgan fingerprint density at radius 2 is 1.65 bits per heavy atom. The van der Waals surface area contributed by atoms with Crippen LogP contribution in [0, 0.1) is 19.7 Å². The first-order valence-corrected chi connectivity index (χ1v) is 5.77. The summed E-state index contributed by atoms with van der Waals surface area (Å²) in [5, 5.41) is 0. The lowest BCUT2D eigenvalue weighted by Gasteiger charge is -2.08. The largest absolute Gasteiger partial charge is 0.424 e. The molecule has 17 heavy (non-hydrogen) atoms. The minimum Gasteiger partial charge on any atom is -0.424 e. The average molecular weight is 297 g/mol. The van der Waals surface area contributed by atoms with Crippen LogP contribution in [0.15, 0.2) is 29.0 Å². The lowest BCUT2D eigenvalue weighted by atomic mass is 10.1. The van der Waals surface area contributed by atoms with E-state index in [0.717, 1.165) is 28.0 Å². The number of hydrogen-bond acceptors (Lipinski definition) is 3. The summed E-state index contributed by atoms with van der Waals surface area (Å²) >= 11 is 3.47. The molecule has 1 aromatic heterocycles. The van der Waals surface area contributed by atoms with Crippen LogP contribution in [-0.4, -0.2) is 9.97 Å². The third-order valence-corrected chi connectivity index (χ3v) is 3.47. The molecule has 0 saturated heterocycles. The fraction of sp³-hybridized carbons (Fsp3) is 0.167. The topological polar surface area (TPSA) is 35.0 Å². The van der Waals surface area contributed by atoms with Crippen molar-refractivity contribution in [2.45, 2.75) is 13.8 Å². The van der Waals surface area contributed by atoms with Gasteiger partial charge in [-0.25, -0.2) is 14.4 Å². The molecule has 0 N–H and O–H groups in total. The van der Waals surface area contributed by atoms with Crippen LogP contribution in [0.3, 0.4) is 0 Å². The highest BCUT2D eigenvalue weighted by Gasteiger charge is 2.05. The summed E-state index contributed by atoms with van der Waals surface area (Å²) in [4.78, 5) is 7.47. The Bertz CT molecular complexity index is 520. The maximum absolute atomic E-state index is 12.6. The molecule has 0 aliphatic carbocycles. The van der Waals surface area contributed by atoms with Crippen molar-refractivity contribution in [2.75, 3.05) is 0 Å². The van der Waals surface area contributed by atoms with Gasteiger partial charge in [0.05, 0.1) is 12.4 Å². The van der Waals surface area contributed by atoms with E-state index in [1.54, 1.807) is 0 Å². The molecule has 0 spiro atoms. The molecule has 1 aromatic carbocycles. The molecule has 0 saturated carbocycles. The molecule has 5 heteroatoms. The number of aryl methyl sites for hydroxylation is 2. The highest BCUT2D eigenvalue weighted by atomic mass is 79.9. The number of halogens is 2. The van der Waals surface area contributed by atoms with Gasteiger partial charge in [-0.2, -0.15) is 0 Å². The van der Waals surface area contributed by atoms with E-state index in [0.29, 0.717) is 5.75 Å². The zero-order valence-corrected chi connectivity index (χ0v) is 11.0. The molecule has 3 nitrogen and oxygen atoms in total. The van der Waals surface area contributed by atoms with Crippen LogP contribution >= 0.6 is 15.9 Å². The molecule has 88 valence electrons. The van der Waals surface area contributed by atoms with E-state index in [2.05, 4.69) is 25.9 Å². The van der Waals surface area contributed by atoms with Crippen LogP contribution in [0.5, 0.6) is 11.8 Å². The molecule has 2 rings (SSSR count). The molecule has 0 aliphatic heterocycles. The summed E-state index contributed by atoms with van der Waals surface area (Å²) in [6, 6.07) is 3.86. The van der Waals surface area contributed by atoms with Crippen molar-refractivity contribution in [1.82, 2.24) is 9.97 Å². The van der Waals surface area contributed by atoms with E-state index in [1.807, 2.05) is 26.0 Å². The molecular formula is C12H10BrFN2O. The highest BCUT2D eigenvalue weighted by molar-refractivity contribution is 9.10. The minimum atomic E-state index is -0.486. The molecule has 0 amide bonds. The normalized spacial score (nSPS) is 10.4. The lowest BCUT2D eigenvalue weighted by Crippen LogP contribution is -1.93. The van der Waals surface area contributed by atoms with Crippen molar-refractivity contribution in [3.63, 3.8) is 0 Å². The molecular weight excluding hydrogens is 287 g/mol. The zero-order chi connectivity index (χ0) is 12.4. The first-order chi connectivity index (χ1) is 8.06. The van der Waals surface area contributed by atoms with E-state index in [1.165, 1.54) is 0 Å². The van der Waals surface area contributed by atoms with Gasteiger partial charge in [0.2, 0.25) is 0 Å². The van der Waals surface area contributed by atoms with Gasteiger partial charge in [0.15, 0.2) is 5.82 Å². The van der Waals surface area contributed by atoms with Gasteiger partial charge >= 0.3 is 6.01 Å². The summed E-state index contributed by atoms with van der Waals surface area (Å²) < 4.78 is 19.1. The first kappa shape index (κ1) is 12.0. The molecule has 0 radical (unpaired) electrons. The van der Waals surface area contributed by atoms with Gasteiger partial charge in [0.1, 0.15) is 5.75 Å². The number of ether oxygens (including phenoxy) is 1. The summed E-state index contributed by atoms with van der Waals surface area (Å²) in [7, 11) is 0. The summed E-state index contributed by atoms with van der Waals surface area (Å²) in [6.07, 6.45) is 2.14. The van der Waals surface area contributed by atoms with Gasteiger partial charge in [-0.3, -0.25) is 0 Å². The molecule has 0 aliphatic rings.